The summed E-state index contributed by atoms with van der Waals surface area (Å²) in [7, 11) is -4.13. The zero-order chi connectivity index (χ0) is 22.8. The SMILES string of the molecule is O=C(OCc1ccc(F)cc1Cl)C1CCN(S(=O)(=O)c2cccc(C(F)(F)F)c2)CC1. The van der Waals surface area contributed by atoms with Crippen molar-refractivity contribution < 1.29 is 35.5 Å². The summed E-state index contributed by atoms with van der Waals surface area (Å²) in [5.41, 5.74) is -0.618. The fourth-order valence-electron chi connectivity index (χ4n) is 3.22. The number of hydrogen-bond acceptors (Lipinski definition) is 4. The quantitative estimate of drug-likeness (QED) is 0.463. The molecule has 0 atom stereocenters. The molecule has 1 aliphatic heterocycles. The Morgan fingerprint density at radius 2 is 1.81 bits per heavy atom. The molecule has 0 radical (unpaired) electrons. The normalized spacial score (nSPS) is 16.3. The van der Waals surface area contributed by atoms with Gasteiger partial charge < -0.3 is 4.74 Å². The zero-order valence-corrected chi connectivity index (χ0v) is 17.6. The van der Waals surface area contributed by atoms with Gasteiger partial charge in [-0.05, 0) is 43.2 Å². The summed E-state index contributed by atoms with van der Waals surface area (Å²) in [6.07, 6.45) is -4.34. The average molecular weight is 480 g/mol. The molecule has 0 unspecified atom stereocenters. The lowest BCUT2D eigenvalue weighted by Crippen LogP contribution is -2.40. The molecular formula is C20H18ClF4NO4S. The topological polar surface area (TPSA) is 63.7 Å². The number of alkyl halides is 3. The lowest BCUT2D eigenvalue weighted by Gasteiger charge is -2.30. The number of hydrogen-bond donors (Lipinski definition) is 0. The number of sulfonamides is 1. The fourth-order valence-corrected chi connectivity index (χ4v) is 4.96. The van der Waals surface area contributed by atoms with Gasteiger partial charge in [0.1, 0.15) is 12.4 Å². The van der Waals surface area contributed by atoms with Crippen molar-refractivity contribution in [3.8, 4) is 0 Å². The second kappa shape index (κ2) is 9.13. The van der Waals surface area contributed by atoms with E-state index in [4.69, 9.17) is 16.3 Å². The van der Waals surface area contributed by atoms with Gasteiger partial charge in [-0.25, -0.2) is 12.8 Å². The first kappa shape index (κ1) is 23.5. The predicted octanol–water partition coefficient (Wildman–Crippen LogP) is 4.64. The summed E-state index contributed by atoms with van der Waals surface area (Å²) in [4.78, 5) is 11.8. The molecule has 168 valence electrons. The van der Waals surface area contributed by atoms with Crippen LogP contribution in [0.4, 0.5) is 17.6 Å². The van der Waals surface area contributed by atoms with Gasteiger partial charge in [-0.15, -0.1) is 0 Å². The van der Waals surface area contributed by atoms with Crippen molar-refractivity contribution in [3.05, 3.63) is 64.4 Å². The van der Waals surface area contributed by atoms with Crippen LogP contribution < -0.4 is 0 Å². The van der Waals surface area contributed by atoms with E-state index in [1.54, 1.807) is 0 Å². The standard InChI is InChI=1S/C20H18ClF4NO4S/c21-18-11-16(22)5-4-14(18)12-30-19(27)13-6-8-26(9-7-13)31(28,29)17-3-1-2-15(10-17)20(23,24)25/h1-5,10-11,13H,6-9,12H2. The summed E-state index contributed by atoms with van der Waals surface area (Å²) in [5, 5.41) is 0.120. The minimum atomic E-state index is -4.66. The summed E-state index contributed by atoms with van der Waals surface area (Å²) in [5.74, 6) is -1.63. The first-order valence-electron chi connectivity index (χ1n) is 9.26. The molecule has 11 heteroatoms. The second-order valence-corrected chi connectivity index (χ2v) is 9.39. The van der Waals surface area contributed by atoms with Crippen LogP contribution in [0.1, 0.15) is 24.0 Å². The van der Waals surface area contributed by atoms with Crippen LogP contribution in [0.3, 0.4) is 0 Å². The van der Waals surface area contributed by atoms with E-state index in [9.17, 15) is 30.8 Å². The predicted molar refractivity (Wildman–Crippen MR) is 104 cm³/mol. The van der Waals surface area contributed by atoms with Crippen LogP contribution in [0.5, 0.6) is 0 Å². The highest BCUT2D eigenvalue weighted by molar-refractivity contribution is 7.89. The Labute approximate surface area is 181 Å². The van der Waals surface area contributed by atoms with Crippen molar-refractivity contribution in [1.82, 2.24) is 4.31 Å². The molecule has 0 N–H and O–H groups in total. The molecule has 0 bridgehead atoms. The summed E-state index contributed by atoms with van der Waals surface area (Å²) < 4.78 is 83.4. The molecule has 0 aromatic heterocycles. The van der Waals surface area contributed by atoms with Crippen LogP contribution in [0.25, 0.3) is 0 Å². The lowest BCUT2D eigenvalue weighted by molar-refractivity contribution is -0.151. The van der Waals surface area contributed by atoms with Crippen molar-refractivity contribution in [3.63, 3.8) is 0 Å². The number of ether oxygens (including phenoxy) is 1. The number of esters is 1. The van der Waals surface area contributed by atoms with Gasteiger partial charge in [0.15, 0.2) is 0 Å². The molecule has 1 fully saturated rings. The maximum absolute atomic E-state index is 13.1. The number of piperidine rings is 1. The first-order chi connectivity index (χ1) is 14.5. The van der Waals surface area contributed by atoms with Crippen molar-refractivity contribution in [2.75, 3.05) is 13.1 Å². The molecule has 0 aliphatic carbocycles. The van der Waals surface area contributed by atoms with Crippen molar-refractivity contribution in [2.45, 2.75) is 30.5 Å². The average Bonchev–Trinajstić information content (AvgIpc) is 2.72. The number of rotatable bonds is 5. The summed E-state index contributed by atoms with van der Waals surface area (Å²) >= 11 is 5.89. The number of nitrogens with zero attached hydrogens (tertiary/aromatic N) is 1. The monoisotopic (exact) mass is 479 g/mol. The minimum absolute atomic E-state index is 0.0321. The zero-order valence-electron chi connectivity index (χ0n) is 16.0. The molecule has 5 nitrogen and oxygen atoms in total. The third-order valence-electron chi connectivity index (χ3n) is 4.97. The summed E-state index contributed by atoms with van der Waals surface area (Å²) in [6.45, 7) is -0.216. The number of halogens is 5. The van der Waals surface area contributed by atoms with E-state index in [0.717, 1.165) is 28.6 Å². The van der Waals surface area contributed by atoms with Crippen molar-refractivity contribution in [1.29, 1.82) is 0 Å². The Balaban J connectivity index is 1.60. The van der Waals surface area contributed by atoms with Crippen LogP contribution in [0.2, 0.25) is 5.02 Å². The van der Waals surface area contributed by atoms with Crippen molar-refractivity contribution >= 4 is 27.6 Å². The second-order valence-electron chi connectivity index (χ2n) is 7.05. The fraction of sp³-hybridized carbons (Fsp3) is 0.350. The maximum atomic E-state index is 13.1. The van der Waals surface area contributed by atoms with Crippen LogP contribution in [-0.2, 0) is 32.3 Å². The van der Waals surface area contributed by atoms with E-state index >= 15 is 0 Å². The smallest absolute Gasteiger partial charge is 0.416 e. The van der Waals surface area contributed by atoms with E-state index in [-0.39, 0.29) is 37.6 Å². The van der Waals surface area contributed by atoms with E-state index in [2.05, 4.69) is 0 Å². The van der Waals surface area contributed by atoms with Gasteiger partial charge in [-0.3, -0.25) is 4.79 Å². The third-order valence-corrected chi connectivity index (χ3v) is 7.22. The van der Waals surface area contributed by atoms with Gasteiger partial charge >= 0.3 is 12.1 Å². The van der Waals surface area contributed by atoms with Crippen LogP contribution >= 0.6 is 11.6 Å². The van der Waals surface area contributed by atoms with Gasteiger partial charge in [0.05, 0.1) is 21.4 Å². The molecule has 31 heavy (non-hydrogen) atoms. The number of carbonyl (C=O) groups excluding carboxylic acids is 1. The molecule has 1 aliphatic rings. The van der Waals surface area contributed by atoms with Gasteiger partial charge in [-0.2, -0.15) is 17.5 Å². The first-order valence-corrected chi connectivity index (χ1v) is 11.1. The van der Waals surface area contributed by atoms with E-state index in [1.165, 1.54) is 12.1 Å². The van der Waals surface area contributed by atoms with E-state index in [0.29, 0.717) is 11.6 Å². The van der Waals surface area contributed by atoms with Gasteiger partial charge in [0, 0.05) is 18.7 Å². The Morgan fingerprint density at radius 3 is 2.42 bits per heavy atom. The van der Waals surface area contributed by atoms with Gasteiger partial charge in [0.25, 0.3) is 0 Å². The van der Waals surface area contributed by atoms with E-state index < -0.39 is 44.4 Å². The van der Waals surface area contributed by atoms with Crippen LogP contribution in [0, 0.1) is 11.7 Å². The van der Waals surface area contributed by atoms with Crippen LogP contribution in [0.15, 0.2) is 47.4 Å². The van der Waals surface area contributed by atoms with Crippen molar-refractivity contribution in [2.24, 2.45) is 5.92 Å². The number of carbonyl (C=O) groups is 1. The highest BCUT2D eigenvalue weighted by atomic mass is 35.5. The van der Waals surface area contributed by atoms with Gasteiger partial charge in [-0.1, -0.05) is 23.7 Å². The maximum Gasteiger partial charge on any atom is 0.416 e. The largest absolute Gasteiger partial charge is 0.461 e. The molecule has 3 rings (SSSR count). The molecule has 2 aromatic carbocycles. The Hall–Kier alpha value is -2.17. The highest BCUT2D eigenvalue weighted by Gasteiger charge is 2.35. The number of benzene rings is 2. The van der Waals surface area contributed by atoms with E-state index in [1.807, 2.05) is 0 Å². The molecule has 0 spiro atoms. The molecule has 0 saturated carbocycles. The highest BCUT2D eigenvalue weighted by Crippen LogP contribution is 2.32. The Bertz CT molecular complexity index is 1070. The Kier molecular flexibility index (Phi) is 6.92. The van der Waals surface area contributed by atoms with Gasteiger partial charge in [0.2, 0.25) is 10.0 Å². The summed E-state index contributed by atoms with van der Waals surface area (Å²) in [6, 6.07) is 7.23. The molecular weight excluding hydrogens is 462 g/mol. The molecule has 2 aromatic rings. The third kappa shape index (κ3) is 5.55. The molecule has 0 amide bonds. The minimum Gasteiger partial charge on any atom is -0.461 e. The lowest BCUT2D eigenvalue weighted by atomic mass is 9.98. The Morgan fingerprint density at radius 1 is 1.13 bits per heavy atom. The molecule has 1 heterocycles. The van der Waals surface area contributed by atoms with Crippen LogP contribution in [-0.4, -0.2) is 31.8 Å². The molecule has 1 saturated heterocycles.